The van der Waals surface area contributed by atoms with E-state index in [2.05, 4.69) is 21.2 Å². The van der Waals surface area contributed by atoms with Crippen LogP contribution < -0.4 is 10.6 Å². The van der Waals surface area contributed by atoms with Crippen LogP contribution in [0.3, 0.4) is 0 Å². The Hall–Kier alpha value is -3.70. The van der Waals surface area contributed by atoms with Crippen LogP contribution in [0.1, 0.15) is 11.3 Å². The van der Waals surface area contributed by atoms with E-state index in [0.29, 0.717) is 28.7 Å². The van der Waals surface area contributed by atoms with E-state index in [1.165, 1.54) is 12.6 Å². The van der Waals surface area contributed by atoms with Crippen molar-refractivity contribution in [2.24, 2.45) is 20.8 Å². The van der Waals surface area contributed by atoms with Crippen molar-refractivity contribution in [3.63, 3.8) is 0 Å². The van der Waals surface area contributed by atoms with Crippen LogP contribution >= 0.6 is 0 Å². The summed E-state index contributed by atoms with van der Waals surface area (Å²) in [5.74, 6) is 1.93. The molecule has 2 aliphatic heterocycles. The number of nitriles is 1. The molecule has 4 rings (SSSR count). The standard InChI is InChI=1S/C16H11N6O2/c17-9-11-4-1-2-5-12(11)24-22-10-19-16(13-6-3-7-23-13)20-15(22)8-14(18)21-22/h1-8,10H,(H2,18,21)/q+1. The maximum Gasteiger partial charge on any atom is 0.310 e. The van der Waals surface area contributed by atoms with Crippen LogP contribution in [0.2, 0.25) is 0 Å². The van der Waals surface area contributed by atoms with Crippen LogP contribution in [0.4, 0.5) is 0 Å². The Kier molecular flexibility index (Phi) is 3.01. The van der Waals surface area contributed by atoms with Crippen molar-refractivity contribution in [3.05, 3.63) is 65.9 Å². The summed E-state index contributed by atoms with van der Waals surface area (Å²) < 4.78 is 4.81. The van der Waals surface area contributed by atoms with E-state index >= 15 is 0 Å². The maximum atomic E-state index is 9.22. The van der Waals surface area contributed by atoms with Crippen LogP contribution in [0.15, 0.2) is 74.1 Å². The molecule has 0 saturated heterocycles. The van der Waals surface area contributed by atoms with Crippen molar-refractivity contribution in [3.8, 4) is 11.8 Å². The van der Waals surface area contributed by atoms with Crippen molar-refractivity contribution in [2.75, 3.05) is 0 Å². The Morgan fingerprint density at radius 1 is 1.21 bits per heavy atom. The first-order valence-electron chi connectivity index (χ1n) is 7.03. The average Bonchev–Trinajstić information content (AvgIpc) is 3.21. The van der Waals surface area contributed by atoms with Crippen molar-refractivity contribution in [2.45, 2.75) is 0 Å². The fourth-order valence-corrected chi connectivity index (χ4v) is 2.34. The third kappa shape index (κ3) is 2.16. The molecule has 8 nitrogen and oxygen atoms in total. The second-order valence-electron chi connectivity index (χ2n) is 5.01. The van der Waals surface area contributed by atoms with E-state index in [1.807, 2.05) is 0 Å². The van der Waals surface area contributed by atoms with Gasteiger partial charge in [-0.3, -0.25) is 4.84 Å². The lowest BCUT2D eigenvalue weighted by Gasteiger charge is -2.23. The summed E-state index contributed by atoms with van der Waals surface area (Å²) in [5, 5.41) is 13.5. The molecule has 24 heavy (non-hydrogen) atoms. The van der Waals surface area contributed by atoms with Crippen LogP contribution in [0.25, 0.3) is 0 Å². The van der Waals surface area contributed by atoms with Gasteiger partial charge >= 0.3 is 5.82 Å². The second kappa shape index (κ2) is 5.19. The number of hydrogen-bond donors (Lipinski definition) is 1. The van der Waals surface area contributed by atoms with Gasteiger partial charge in [0.05, 0.1) is 17.1 Å². The molecule has 2 aliphatic rings. The Morgan fingerprint density at radius 2 is 2.08 bits per heavy atom. The number of quaternary nitrogens is 1. The summed E-state index contributed by atoms with van der Waals surface area (Å²) in [6, 6.07) is 12.4. The molecule has 3 heterocycles. The molecular weight excluding hydrogens is 308 g/mol. The third-order valence-corrected chi connectivity index (χ3v) is 3.41. The summed E-state index contributed by atoms with van der Waals surface area (Å²) in [4.78, 5) is 14.6. The average molecular weight is 319 g/mol. The number of fused-ring (bicyclic) bond motifs is 1. The lowest BCUT2D eigenvalue weighted by molar-refractivity contribution is -0.973. The van der Waals surface area contributed by atoms with Gasteiger partial charge in [0.25, 0.3) is 6.34 Å². The number of amidine groups is 2. The molecule has 0 spiro atoms. The fourth-order valence-electron chi connectivity index (χ4n) is 2.34. The molecule has 2 aromatic rings. The molecule has 1 aromatic carbocycles. The van der Waals surface area contributed by atoms with E-state index in [0.717, 1.165) is 0 Å². The van der Waals surface area contributed by atoms with Crippen molar-refractivity contribution in [1.29, 1.82) is 5.26 Å². The van der Waals surface area contributed by atoms with Gasteiger partial charge in [-0.1, -0.05) is 12.1 Å². The van der Waals surface area contributed by atoms with Crippen LogP contribution in [-0.4, -0.2) is 22.8 Å². The van der Waals surface area contributed by atoms with E-state index < -0.39 is 4.76 Å². The topological polar surface area (TPSA) is 109 Å². The van der Waals surface area contributed by atoms with E-state index in [-0.39, 0.29) is 5.84 Å². The number of nitrogens with two attached hydrogens (primary N) is 1. The van der Waals surface area contributed by atoms with Gasteiger partial charge in [-0.25, -0.2) is 0 Å². The zero-order valence-electron chi connectivity index (χ0n) is 12.3. The van der Waals surface area contributed by atoms with Crippen molar-refractivity contribution >= 4 is 18.0 Å². The van der Waals surface area contributed by atoms with Crippen LogP contribution in [-0.2, 0) is 0 Å². The summed E-state index contributed by atoms with van der Waals surface area (Å²) in [7, 11) is 0. The molecule has 0 fully saturated rings. The molecule has 0 amide bonds. The molecule has 8 heteroatoms. The third-order valence-electron chi connectivity index (χ3n) is 3.41. The summed E-state index contributed by atoms with van der Waals surface area (Å²) >= 11 is 0. The zero-order valence-corrected chi connectivity index (χ0v) is 12.3. The number of rotatable bonds is 3. The highest BCUT2D eigenvalue weighted by Crippen LogP contribution is 2.31. The number of benzene rings is 1. The Labute approximate surface area is 136 Å². The van der Waals surface area contributed by atoms with Crippen molar-refractivity contribution < 1.29 is 14.0 Å². The molecule has 0 radical (unpaired) electrons. The Bertz CT molecular complexity index is 965. The number of para-hydroxylation sites is 1. The lowest BCUT2D eigenvalue weighted by atomic mass is 10.2. The van der Waals surface area contributed by atoms with Gasteiger partial charge in [0.2, 0.25) is 11.6 Å². The predicted molar refractivity (Wildman–Crippen MR) is 85.5 cm³/mol. The second-order valence-corrected chi connectivity index (χ2v) is 5.01. The van der Waals surface area contributed by atoms with Gasteiger partial charge in [-0.2, -0.15) is 15.2 Å². The van der Waals surface area contributed by atoms with E-state index in [4.69, 9.17) is 15.0 Å². The Morgan fingerprint density at radius 3 is 2.88 bits per heavy atom. The molecule has 116 valence electrons. The maximum absolute atomic E-state index is 9.22. The first-order valence-corrected chi connectivity index (χ1v) is 7.03. The number of nitrogens with zero attached hydrogens (tertiary/aromatic N) is 5. The predicted octanol–water partition coefficient (Wildman–Crippen LogP) is 1.88. The fraction of sp³-hybridized carbons (Fsp3) is 0. The minimum absolute atomic E-state index is 0.246. The number of furan rings is 1. The first kappa shape index (κ1) is 13.9. The molecule has 1 atom stereocenters. The van der Waals surface area contributed by atoms with Gasteiger partial charge in [-0.15, -0.1) is 0 Å². The molecule has 0 aliphatic carbocycles. The highest BCUT2D eigenvalue weighted by molar-refractivity contribution is 6.03. The largest absolute Gasteiger partial charge is 0.461 e. The molecular formula is C16H11N6O2+. The molecule has 0 saturated carbocycles. The van der Waals surface area contributed by atoms with Gasteiger partial charge < -0.3 is 10.2 Å². The van der Waals surface area contributed by atoms with Gasteiger partial charge in [-0.05, 0) is 29.4 Å². The monoisotopic (exact) mass is 319 g/mol. The normalized spacial score (nSPS) is 21.4. The molecule has 2 N–H and O–H groups in total. The number of aliphatic imine (C=N–C) groups is 2. The van der Waals surface area contributed by atoms with Gasteiger partial charge in [0.1, 0.15) is 11.6 Å². The molecule has 1 aromatic heterocycles. The first-order chi connectivity index (χ1) is 11.7. The SMILES string of the molecule is N#Cc1ccccc1O[N+]12C=NC(c3ccco3)=NC1=CC(N)=N2. The summed E-state index contributed by atoms with van der Waals surface area (Å²) in [6.45, 7) is 0. The van der Waals surface area contributed by atoms with Crippen molar-refractivity contribution in [1.82, 2.24) is 0 Å². The zero-order chi connectivity index (χ0) is 16.6. The number of hydroxylamine groups is 2. The Balaban J connectivity index is 1.74. The minimum Gasteiger partial charge on any atom is -0.461 e. The lowest BCUT2D eigenvalue weighted by Crippen LogP contribution is -2.44. The van der Waals surface area contributed by atoms with Gasteiger partial charge in [0, 0.05) is 0 Å². The van der Waals surface area contributed by atoms with E-state index in [9.17, 15) is 5.26 Å². The van der Waals surface area contributed by atoms with E-state index in [1.54, 1.807) is 42.5 Å². The summed E-state index contributed by atoms with van der Waals surface area (Å²) in [6.07, 6.45) is 4.57. The van der Waals surface area contributed by atoms with Gasteiger partial charge in [0.15, 0.2) is 11.6 Å². The van der Waals surface area contributed by atoms with Crippen LogP contribution in [0, 0.1) is 11.3 Å². The molecule has 0 bridgehead atoms. The highest BCUT2D eigenvalue weighted by Gasteiger charge is 2.45. The quantitative estimate of drug-likeness (QED) is 0.871. The molecule has 1 unspecified atom stereocenters. The smallest absolute Gasteiger partial charge is 0.310 e. The van der Waals surface area contributed by atoms with Crippen LogP contribution in [0.5, 0.6) is 5.75 Å². The highest BCUT2D eigenvalue weighted by atomic mass is 16.8. The minimum atomic E-state index is -0.491. The number of hydrogen-bond acceptors (Lipinski definition) is 7. The summed E-state index contributed by atoms with van der Waals surface area (Å²) in [5.41, 5.74) is 6.20.